The van der Waals surface area contributed by atoms with Crippen LogP contribution in [0, 0.1) is 0 Å². The van der Waals surface area contributed by atoms with Gasteiger partial charge in [-0.1, -0.05) is 23.7 Å². The lowest BCUT2D eigenvalue weighted by Gasteiger charge is -2.34. The number of ether oxygens (including phenoxy) is 1. The summed E-state index contributed by atoms with van der Waals surface area (Å²) in [4.78, 5) is 19.4. The zero-order valence-corrected chi connectivity index (χ0v) is 21.3. The van der Waals surface area contributed by atoms with Gasteiger partial charge in [-0.15, -0.1) is 0 Å². The average Bonchev–Trinajstić information content (AvgIpc) is 3.43. The Morgan fingerprint density at radius 2 is 2.11 bits per heavy atom. The van der Waals surface area contributed by atoms with Gasteiger partial charge in [-0.05, 0) is 53.2 Å². The summed E-state index contributed by atoms with van der Waals surface area (Å²) >= 11 is 7.14. The molecule has 12 heteroatoms. The molecule has 2 aliphatic rings. The van der Waals surface area contributed by atoms with E-state index in [2.05, 4.69) is 20.3 Å². The number of fused-ring (bicyclic) bond motifs is 1. The minimum Gasteiger partial charge on any atom is -0.383 e. The molecular formula is C25H23ClF3N5O2S. The molecule has 3 aromatic rings. The molecule has 2 aromatic carbocycles. The number of nitrogens with zero attached hydrogens (tertiary/aromatic N) is 4. The van der Waals surface area contributed by atoms with E-state index < -0.39 is 11.7 Å². The maximum Gasteiger partial charge on any atom is 0.416 e. The highest BCUT2D eigenvalue weighted by Gasteiger charge is 2.34. The molecule has 0 radical (unpaired) electrons. The van der Waals surface area contributed by atoms with Gasteiger partial charge in [0, 0.05) is 43.2 Å². The Morgan fingerprint density at radius 3 is 2.89 bits per heavy atom. The summed E-state index contributed by atoms with van der Waals surface area (Å²) in [6, 6.07) is 9.35. The Labute approximate surface area is 220 Å². The summed E-state index contributed by atoms with van der Waals surface area (Å²) in [7, 11) is 1.66. The number of aliphatic imine (C=N–C) groups is 1. The number of rotatable bonds is 5. The standard InChI is InChI=1S/C25H23ClF3N5O2S/c1-36-14-19-13-33(7-6-30-19)24-32-23(35)22(37-24)9-15-2-5-21-17(8-15)11-31-34(21)12-16-3-4-18(26)10-20(16)25(27,28)29/h2-5,8-11,19,30H,6-7,12-14H2,1H3/b22-9-. The van der Waals surface area contributed by atoms with Gasteiger partial charge in [-0.2, -0.15) is 23.3 Å². The molecule has 1 unspecified atom stereocenters. The molecule has 0 aliphatic carbocycles. The first kappa shape index (κ1) is 25.8. The van der Waals surface area contributed by atoms with Crippen LogP contribution in [0.2, 0.25) is 5.02 Å². The van der Waals surface area contributed by atoms with Gasteiger partial charge >= 0.3 is 6.18 Å². The number of benzene rings is 2. The van der Waals surface area contributed by atoms with Gasteiger partial charge in [0.2, 0.25) is 0 Å². The number of alkyl halides is 3. The molecular weight excluding hydrogens is 527 g/mol. The molecule has 3 heterocycles. The Morgan fingerprint density at radius 1 is 1.27 bits per heavy atom. The maximum atomic E-state index is 13.5. The van der Waals surface area contributed by atoms with Gasteiger partial charge in [-0.3, -0.25) is 9.48 Å². The maximum absolute atomic E-state index is 13.5. The molecule has 1 N–H and O–H groups in total. The number of carbonyl (C=O) groups is 1. The van der Waals surface area contributed by atoms with Gasteiger partial charge < -0.3 is 15.0 Å². The third-order valence-electron chi connectivity index (χ3n) is 6.16. The number of hydrogen-bond acceptors (Lipinski definition) is 6. The number of amides is 1. The fourth-order valence-corrected chi connectivity index (χ4v) is 5.55. The van der Waals surface area contributed by atoms with Crippen molar-refractivity contribution in [2.75, 3.05) is 33.4 Å². The fraction of sp³-hybridized carbons (Fsp3) is 0.320. The van der Waals surface area contributed by atoms with Gasteiger partial charge in [-0.25, -0.2) is 0 Å². The van der Waals surface area contributed by atoms with E-state index in [9.17, 15) is 18.0 Å². The summed E-state index contributed by atoms with van der Waals surface area (Å²) in [5, 5.41) is 9.13. The van der Waals surface area contributed by atoms with Gasteiger partial charge in [0.05, 0.1) is 35.3 Å². The van der Waals surface area contributed by atoms with E-state index in [-0.39, 0.29) is 29.1 Å². The molecule has 1 amide bonds. The molecule has 1 aromatic heterocycles. The summed E-state index contributed by atoms with van der Waals surface area (Å²) in [5.41, 5.74) is 0.749. The van der Waals surface area contributed by atoms with Crippen molar-refractivity contribution in [2.45, 2.75) is 18.8 Å². The number of hydrogen-bond donors (Lipinski definition) is 1. The van der Waals surface area contributed by atoms with Crippen LogP contribution in [0.5, 0.6) is 0 Å². The average molecular weight is 550 g/mol. The number of thioether (sulfide) groups is 1. The summed E-state index contributed by atoms with van der Waals surface area (Å²) in [6.45, 7) is 2.75. The van der Waals surface area contributed by atoms with Crippen LogP contribution in [-0.2, 0) is 22.3 Å². The van der Waals surface area contributed by atoms with Gasteiger partial charge in [0.15, 0.2) is 5.17 Å². The quantitative estimate of drug-likeness (QED) is 0.467. The van der Waals surface area contributed by atoms with Crippen molar-refractivity contribution < 1.29 is 22.7 Å². The zero-order chi connectivity index (χ0) is 26.2. The third kappa shape index (κ3) is 5.69. The number of methoxy groups -OCH3 is 1. The molecule has 1 saturated heterocycles. The summed E-state index contributed by atoms with van der Waals surface area (Å²) < 4.78 is 47.3. The predicted molar refractivity (Wildman–Crippen MR) is 139 cm³/mol. The van der Waals surface area contributed by atoms with Gasteiger partial charge in [0.1, 0.15) is 0 Å². The highest BCUT2D eigenvalue weighted by atomic mass is 35.5. The van der Waals surface area contributed by atoms with Gasteiger partial charge in [0.25, 0.3) is 5.91 Å². The smallest absolute Gasteiger partial charge is 0.383 e. The van der Waals surface area contributed by atoms with Crippen LogP contribution in [0.25, 0.3) is 17.0 Å². The molecule has 5 rings (SSSR count). The van der Waals surface area contributed by atoms with Crippen molar-refractivity contribution in [3.05, 3.63) is 69.2 Å². The van der Waals surface area contributed by atoms with E-state index in [1.165, 1.54) is 28.6 Å². The fourth-order valence-electron chi connectivity index (χ4n) is 4.43. The number of nitrogens with one attached hydrogen (secondary N) is 1. The van der Waals surface area contributed by atoms with Crippen LogP contribution in [0.3, 0.4) is 0 Å². The monoisotopic (exact) mass is 549 g/mol. The first-order chi connectivity index (χ1) is 17.7. The van der Waals surface area contributed by atoms with E-state index in [1.807, 2.05) is 12.1 Å². The predicted octanol–water partition coefficient (Wildman–Crippen LogP) is 4.65. The van der Waals surface area contributed by atoms with E-state index in [4.69, 9.17) is 16.3 Å². The lowest BCUT2D eigenvalue weighted by Crippen LogP contribution is -2.53. The normalized spacial score (nSPS) is 19.8. The van der Waals surface area contributed by atoms with Crippen molar-refractivity contribution in [1.82, 2.24) is 20.0 Å². The largest absolute Gasteiger partial charge is 0.416 e. The molecule has 194 valence electrons. The molecule has 37 heavy (non-hydrogen) atoms. The highest BCUT2D eigenvalue weighted by molar-refractivity contribution is 8.18. The minimum atomic E-state index is -4.52. The number of halogens is 4. The van der Waals surface area contributed by atoms with E-state index >= 15 is 0 Å². The summed E-state index contributed by atoms with van der Waals surface area (Å²) in [6.07, 6.45) is -1.15. The van der Waals surface area contributed by atoms with E-state index in [1.54, 1.807) is 25.4 Å². The third-order valence-corrected chi connectivity index (χ3v) is 7.44. The number of piperazine rings is 1. The van der Waals surface area contributed by atoms with Crippen molar-refractivity contribution in [3.63, 3.8) is 0 Å². The second-order valence-electron chi connectivity index (χ2n) is 8.78. The lowest BCUT2D eigenvalue weighted by atomic mass is 10.1. The Bertz CT molecular complexity index is 1400. The van der Waals surface area contributed by atoms with Crippen molar-refractivity contribution >= 4 is 51.4 Å². The Hall–Kier alpha value is -2.86. The van der Waals surface area contributed by atoms with Crippen molar-refractivity contribution in [1.29, 1.82) is 0 Å². The van der Waals surface area contributed by atoms with Crippen LogP contribution >= 0.6 is 23.4 Å². The molecule has 0 saturated carbocycles. The van der Waals surface area contributed by atoms with Crippen molar-refractivity contribution in [2.24, 2.45) is 4.99 Å². The summed E-state index contributed by atoms with van der Waals surface area (Å²) in [5.74, 6) is -0.292. The molecule has 7 nitrogen and oxygen atoms in total. The van der Waals surface area contributed by atoms with Crippen LogP contribution in [0.15, 0.2) is 52.5 Å². The Kier molecular flexibility index (Phi) is 7.30. The lowest BCUT2D eigenvalue weighted by molar-refractivity contribution is -0.138. The topological polar surface area (TPSA) is 71.8 Å². The molecule has 1 fully saturated rings. The number of amidine groups is 1. The SMILES string of the molecule is COCC1CN(C2=NC(=O)/C(=C/c3ccc4c(cnn4Cc4ccc(Cl)cc4C(F)(F)F)c3)S2)CCN1. The molecule has 1 atom stereocenters. The molecule has 2 aliphatic heterocycles. The van der Waals surface area contributed by atoms with E-state index in [0.717, 1.165) is 30.1 Å². The molecule has 0 spiro atoms. The Balaban J connectivity index is 1.33. The second kappa shape index (κ2) is 10.5. The van der Waals surface area contributed by atoms with Crippen LogP contribution in [-0.4, -0.2) is 65.1 Å². The highest BCUT2D eigenvalue weighted by Crippen LogP contribution is 2.35. The van der Waals surface area contributed by atoms with Crippen molar-refractivity contribution in [3.8, 4) is 0 Å². The second-order valence-corrected chi connectivity index (χ2v) is 10.2. The van der Waals surface area contributed by atoms with Crippen LogP contribution in [0.4, 0.5) is 13.2 Å². The molecule has 0 bridgehead atoms. The zero-order valence-electron chi connectivity index (χ0n) is 19.8. The van der Waals surface area contributed by atoms with E-state index in [0.29, 0.717) is 28.7 Å². The van der Waals surface area contributed by atoms with Crippen LogP contribution < -0.4 is 5.32 Å². The number of carbonyl (C=O) groups excluding carboxylic acids is 1. The first-order valence-electron chi connectivity index (χ1n) is 11.5. The minimum absolute atomic E-state index is 0.0253. The number of aromatic nitrogens is 2. The first-order valence-corrected chi connectivity index (χ1v) is 12.7. The van der Waals surface area contributed by atoms with Crippen LogP contribution in [0.1, 0.15) is 16.7 Å².